The van der Waals surface area contributed by atoms with Gasteiger partial charge < -0.3 is 4.74 Å². The molecule has 1 aromatic rings. The van der Waals surface area contributed by atoms with Crippen LogP contribution in [-0.4, -0.2) is 11.6 Å². The lowest BCUT2D eigenvalue weighted by atomic mass is 10.3. The number of pyridine rings is 1. The second kappa shape index (κ2) is 5.30. The number of ether oxygens (including phenoxy) is 1. The Bertz CT molecular complexity index is 275. The van der Waals surface area contributed by atoms with E-state index in [9.17, 15) is 4.39 Å². The van der Waals surface area contributed by atoms with Gasteiger partial charge in [0.05, 0.1) is 6.61 Å². The largest absolute Gasteiger partial charge is 0.489 e. The van der Waals surface area contributed by atoms with Crippen molar-refractivity contribution in [3.8, 4) is 5.75 Å². The van der Waals surface area contributed by atoms with Crippen LogP contribution >= 0.6 is 0 Å². The lowest BCUT2D eigenvalue weighted by Gasteiger charge is -2.04. The molecule has 0 radical (unpaired) electrons. The molecule has 0 aliphatic heterocycles. The van der Waals surface area contributed by atoms with Crippen molar-refractivity contribution in [3.05, 3.63) is 36.9 Å². The second-order valence-corrected chi connectivity index (χ2v) is 2.57. The molecule has 13 heavy (non-hydrogen) atoms. The number of hydrogen-bond donors (Lipinski definition) is 0. The zero-order valence-electron chi connectivity index (χ0n) is 7.37. The number of nitrogens with zero attached hydrogens (tertiary/aromatic N) is 1. The summed E-state index contributed by atoms with van der Waals surface area (Å²) in [5.74, 6) is -0.340. The van der Waals surface area contributed by atoms with Crippen LogP contribution in [0.2, 0.25) is 0 Å². The van der Waals surface area contributed by atoms with Gasteiger partial charge in [0.25, 0.3) is 5.95 Å². The zero-order valence-corrected chi connectivity index (χ0v) is 7.37. The number of hydrogen-bond acceptors (Lipinski definition) is 2. The van der Waals surface area contributed by atoms with Gasteiger partial charge in [0.15, 0.2) is 5.75 Å². The van der Waals surface area contributed by atoms with Crippen LogP contribution in [0.15, 0.2) is 31.0 Å². The summed E-state index contributed by atoms with van der Waals surface area (Å²) in [7, 11) is 0. The third-order valence-corrected chi connectivity index (χ3v) is 1.54. The molecule has 0 bridgehead atoms. The lowest BCUT2D eigenvalue weighted by Crippen LogP contribution is -1.99. The van der Waals surface area contributed by atoms with Gasteiger partial charge in [-0.3, -0.25) is 0 Å². The highest BCUT2D eigenvalue weighted by Crippen LogP contribution is 2.12. The first-order valence-corrected chi connectivity index (χ1v) is 4.19. The van der Waals surface area contributed by atoms with E-state index in [0.29, 0.717) is 6.61 Å². The van der Waals surface area contributed by atoms with E-state index in [1.807, 2.05) is 6.08 Å². The van der Waals surface area contributed by atoms with Crippen LogP contribution in [0.25, 0.3) is 0 Å². The summed E-state index contributed by atoms with van der Waals surface area (Å²) in [6.45, 7) is 4.08. The van der Waals surface area contributed by atoms with Crippen molar-refractivity contribution in [2.45, 2.75) is 12.8 Å². The Morgan fingerprint density at radius 2 is 2.46 bits per heavy atom. The Balaban J connectivity index is 2.36. The van der Waals surface area contributed by atoms with E-state index in [4.69, 9.17) is 4.74 Å². The second-order valence-electron chi connectivity index (χ2n) is 2.57. The van der Waals surface area contributed by atoms with Gasteiger partial charge in [-0.2, -0.15) is 4.39 Å². The smallest absolute Gasteiger partial charge is 0.255 e. The molecule has 0 unspecified atom stereocenters. The van der Waals surface area contributed by atoms with Crippen LogP contribution in [-0.2, 0) is 0 Å². The van der Waals surface area contributed by atoms with Gasteiger partial charge in [-0.05, 0) is 25.0 Å². The fraction of sp³-hybridized carbons (Fsp3) is 0.300. The molecule has 0 spiro atoms. The molecule has 1 heterocycles. The number of rotatable bonds is 5. The van der Waals surface area contributed by atoms with E-state index < -0.39 is 5.95 Å². The highest BCUT2D eigenvalue weighted by atomic mass is 19.1. The Hall–Kier alpha value is -1.38. The monoisotopic (exact) mass is 181 g/mol. The summed E-state index contributed by atoms with van der Waals surface area (Å²) in [6.07, 6.45) is 4.93. The Morgan fingerprint density at radius 3 is 3.15 bits per heavy atom. The molecule has 70 valence electrons. The van der Waals surface area contributed by atoms with Gasteiger partial charge in [0, 0.05) is 6.20 Å². The van der Waals surface area contributed by atoms with E-state index in [1.54, 1.807) is 12.1 Å². The molecule has 0 aliphatic rings. The fourth-order valence-electron chi connectivity index (χ4n) is 0.889. The Labute approximate surface area is 77.1 Å². The van der Waals surface area contributed by atoms with Gasteiger partial charge in [0.1, 0.15) is 0 Å². The Kier molecular flexibility index (Phi) is 3.96. The van der Waals surface area contributed by atoms with Crippen molar-refractivity contribution in [2.24, 2.45) is 0 Å². The number of unbranched alkanes of at least 4 members (excludes halogenated alkanes) is 1. The molecular weight excluding hydrogens is 169 g/mol. The van der Waals surface area contributed by atoms with Crippen LogP contribution in [0.3, 0.4) is 0 Å². The summed E-state index contributed by atoms with van der Waals surface area (Å²) in [5.41, 5.74) is 0. The first-order valence-electron chi connectivity index (χ1n) is 4.19. The summed E-state index contributed by atoms with van der Waals surface area (Å²) >= 11 is 0. The molecule has 1 rings (SSSR count). The van der Waals surface area contributed by atoms with Gasteiger partial charge in [-0.25, -0.2) is 4.98 Å². The predicted octanol–water partition coefficient (Wildman–Crippen LogP) is 2.57. The maximum Gasteiger partial charge on any atom is 0.255 e. The van der Waals surface area contributed by atoms with E-state index >= 15 is 0 Å². The molecular formula is C10H12FNO. The molecule has 0 N–H and O–H groups in total. The summed E-state index contributed by atoms with van der Waals surface area (Å²) in [4.78, 5) is 3.47. The minimum Gasteiger partial charge on any atom is -0.489 e. The number of halogens is 1. The van der Waals surface area contributed by atoms with Crippen molar-refractivity contribution in [1.29, 1.82) is 0 Å². The normalized spacial score (nSPS) is 9.62. The van der Waals surface area contributed by atoms with Crippen LogP contribution < -0.4 is 4.74 Å². The maximum absolute atomic E-state index is 12.8. The van der Waals surface area contributed by atoms with Crippen molar-refractivity contribution < 1.29 is 9.13 Å². The molecule has 0 amide bonds. The minimum atomic E-state index is -0.555. The highest BCUT2D eigenvalue weighted by molar-refractivity contribution is 5.17. The third-order valence-electron chi connectivity index (χ3n) is 1.54. The van der Waals surface area contributed by atoms with Crippen molar-refractivity contribution >= 4 is 0 Å². The average Bonchev–Trinajstić information content (AvgIpc) is 2.15. The third kappa shape index (κ3) is 3.23. The molecule has 0 fully saturated rings. The van der Waals surface area contributed by atoms with Crippen LogP contribution in [0.5, 0.6) is 5.75 Å². The van der Waals surface area contributed by atoms with Gasteiger partial charge in [-0.15, -0.1) is 6.58 Å². The minimum absolute atomic E-state index is 0.214. The van der Waals surface area contributed by atoms with Crippen molar-refractivity contribution in [3.63, 3.8) is 0 Å². The van der Waals surface area contributed by atoms with Gasteiger partial charge in [-0.1, -0.05) is 6.08 Å². The molecule has 0 saturated carbocycles. The summed E-state index contributed by atoms with van der Waals surface area (Å²) in [6, 6.07) is 3.21. The molecule has 3 heteroatoms. The van der Waals surface area contributed by atoms with E-state index in [-0.39, 0.29) is 5.75 Å². The molecule has 0 saturated heterocycles. The molecule has 0 aliphatic carbocycles. The average molecular weight is 181 g/mol. The predicted molar refractivity (Wildman–Crippen MR) is 49.1 cm³/mol. The molecule has 0 atom stereocenters. The van der Waals surface area contributed by atoms with E-state index in [0.717, 1.165) is 12.8 Å². The van der Waals surface area contributed by atoms with E-state index in [1.165, 1.54) is 6.20 Å². The Morgan fingerprint density at radius 1 is 1.62 bits per heavy atom. The zero-order chi connectivity index (χ0) is 9.52. The van der Waals surface area contributed by atoms with E-state index in [2.05, 4.69) is 11.6 Å². The number of allylic oxidation sites excluding steroid dienone is 1. The quantitative estimate of drug-likeness (QED) is 0.395. The maximum atomic E-state index is 12.8. The standard InChI is InChI=1S/C10H12FNO/c1-2-3-4-8-13-9-6-5-7-12-10(9)11/h2,5-7H,1,3-4,8H2. The first kappa shape index (κ1) is 9.71. The summed E-state index contributed by atoms with van der Waals surface area (Å²) in [5, 5.41) is 0. The summed E-state index contributed by atoms with van der Waals surface area (Å²) < 4.78 is 18.0. The van der Waals surface area contributed by atoms with Crippen molar-refractivity contribution in [1.82, 2.24) is 4.98 Å². The van der Waals surface area contributed by atoms with Gasteiger partial charge >= 0.3 is 0 Å². The van der Waals surface area contributed by atoms with Gasteiger partial charge in [0.2, 0.25) is 0 Å². The highest BCUT2D eigenvalue weighted by Gasteiger charge is 2.01. The van der Waals surface area contributed by atoms with Crippen LogP contribution in [0.4, 0.5) is 4.39 Å². The number of aromatic nitrogens is 1. The lowest BCUT2D eigenvalue weighted by molar-refractivity contribution is 0.292. The molecule has 0 aromatic carbocycles. The molecule has 1 aromatic heterocycles. The molecule has 2 nitrogen and oxygen atoms in total. The van der Waals surface area contributed by atoms with Crippen LogP contribution in [0, 0.1) is 5.95 Å². The fourth-order valence-corrected chi connectivity index (χ4v) is 0.889. The van der Waals surface area contributed by atoms with Crippen LogP contribution in [0.1, 0.15) is 12.8 Å². The topological polar surface area (TPSA) is 22.1 Å². The SMILES string of the molecule is C=CCCCOc1cccnc1F. The first-order chi connectivity index (χ1) is 6.34. The van der Waals surface area contributed by atoms with Crippen molar-refractivity contribution in [2.75, 3.05) is 6.61 Å².